The van der Waals surface area contributed by atoms with Gasteiger partial charge in [-0.2, -0.15) is 0 Å². The van der Waals surface area contributed by atoms with Crippen molar-refractivity contribution in [1.29, 1.82) is 0 Å². The van der Waals surface area contributed by atoms with Gasteiger partial charge in [-0.25, -0.2) is 4.98 Å². The van der Waals surface area contributed by atoms with Crippen LogP contribution in [0.15, 0.2) is 6.20 Å². The summed E-state index contributed by atoms with van der Waals surface area (Å²) < 4.78 is 0. The summed E-state index contributed by atoms with van der Waals surface area (Å²) >= 11 is 1.76. The highest BCUT2D eigenvalue weighted by Crippen LogP contribution is 2.30. The number of anilines is 1. The molecule has 2 atom stereocenters. The van der Waals surface area contributed by atoms with Crippen molar-refractivity contribution in [3.63, 3.8) is 0 Å². The molecule has 0 saturated heterocycles. The van der Waals surface area contributed by atoms with Gasteiger partial charge in [-0.1, -0.05) is 6.92 Å². The van der Waals surface area contributed by atoms with Crippen LogP contribution in [0.3, 0.4) is 0 Å². The number of hydrogen-bond donors (Lipinski definition) is 1. The molecule has 1 aromatic heterocycles. The van der Waals surface area contributed by atoms with Crippen molar-refractivity contribution in [2.24, 2.45) is 5.92 Å². The predicted molar refractivity (Wildman–Crippen MR) is 60.8 cm³/mol. The first-order valence-electron chi connectivity index (χ1n) is 5.02. The fraction of sp³-hybridized carbons (Fsp3) is 0.700. The van der Waals surface area contributed by atoms with E-state index in [0.717, 1.165) is 23.6 Å². The molecule has 0 spiro atoms. The van der Waals surface area contributed by atoms with E-state index in [-0.39, 0.29) is 0 Å². The van der Waals surface area contributed by atoms with Gasteiger partial charge in [-0.15, -0.1) is 11.3 Å². The fourth-order valence-electron chi connectivity index (χ4n) is 1.42. The fourth-order valence-corrected chi connectivity index (χ4v) is 2.21. The van der Waals surface area contributed by atoms with Gasteiger partial charge in [0.05, 0.1) is 0 Å². The highest BCUT2D eigenvalue weighted by molar-refractivity contribution is 7.15. The number of thiazole rings is 1. The Hall–Kier alpha value is -0.610. The molecule has 2 rings (SSSR count). The van der Waals surface area contributed by atoms with Gasteiger partial charge in [0, 0.05) is 37.8 Å². The summed E-state index contributed by atoms with van der Waals surface area (Å²) in [6.07, 6.45) is 3.30. The Morgan fingerprint density at radius 1 is 1.64 bits per heavy atom. The van der Waals surface area contributed by atoms with E-state index in [2.05, 4.69) is 17.2 Å². The molecule has 0 radical (unpaired) electrons. The third-order valence-electron chi connectivity index (χ3n) is 2.57. The lowest BCUT2D eigenvalue weighted by Crippen LogP contribution is -2.16. The molecule has 1 saturated carbocycles. The second-order valence-electron chi connectivity index (χ2n) is 4.20. The van der Waals surface area contributed by atoms with Crippen LogP contribution in [0, 0.1) is 5.92 Å². The van der Waals surface area contributed by atoms with E-state index < -0.39 is 0 Å². The molecule has 78 valence electrons. The molecule has 1 aliphatic carbocycles. The summed E-state index contributed by atoms with van der Waals surface area (Å²) in [6, 6.07) is 0.750. The smallest absolute Gasteiger partial charge is 0.185 e. The van der Waals surface area contributed by atoms with Crippen molar-refractivity contribution in [3.05, 3.63) is 11.1 Å². The lowest BCUT2D eigenvalue weighted by atomic mass is 10.4. The number of nitrogens with one attached hydrogen (secondary N) is 1. The van der Waals surface area contributed by atoms with Gasteiger partial charge >= 0.3 is 0 Å². The molecule has 1 aliphatic rings. The monoisotopic (exact) mass is 211 g/mol. The van der Waals surface area contributed by atoms with Gasteiger partial charge < -0.3 is 10.2 Å². The second kappa shape index (κ2) is 3.87. The van der Waals surface area contributed by atoms with Crippen LogP contribution in [0.4, 0.5) is 5.13 Å². The Morgan fingerprint density at radius 2 is 2.36 bits per heavy atom. The normalized spacial score (nSPS) is 25.1. The first-order chi connectivity index (χ1) is 6.66. The Morgan fingerprint density at radius 3 is 2.86 bits per heavy atom. The van der Waals surface area contributed by atoms with Crippen molar-refractivity contribution in [3.8, 4) is 0 Å². The zero-order valence-corrected chi connectivity index (χ0v) is 9.77. The zero-order valence-electron chi connectivity index (χ0n) is 8.95. The quantitative estimate of drug-likeness (QED) is 0.821. The van der Waals surface area contributed by atoms with E-state index in [1.54, 1.807) is 11.3 Å². The van der Waals surface area contributed by atoms with E-state index in [4.69, 9.17) is 0 Å². The van der Waals surface area contributed by atoms with Crippen molar-refractivity contribution >= 4 is 16.5 Å². The van der Waals surface area contributed by atoms with E-state index in [9.17, 15) is 0 Å². The third-order valence-corrected chi connectivity index (χ3v) is 3.74. The Bertz CT molecular complexity index is 308. The summed E-state index contributed by atoms with van der Waals surface area (Å²) in [6.45, 7) is 3.26. The summed E-state index contributed by atoms with van der Waals surface area (Å²) in [7, 11) is 4.05. The van der Waals surface area contributed by atoms with Gasteiger partial charge in [0.2, 0.25) is 0 Å². The van der Waals surface area contributed by atoms with Crippen LogP contribution >= 0.6 is 11.3 Å². The number of nitrogens with zero attached hydrogens (tertiary/aromatic N) is 2. The third kappa shape index (κ3) is 2.25. The lowest BCUT2D eigenvalue weighted by molar-refractivity contribution is 0.658. The van der Waals surface area contributed by atoms with Crippen LogP contribution in [0.2, 0.25) is 0 Å². The molecule has 1 aromatic rings. The van der Waals surface area contributed by atoms with Gasteiger partial charge in [-0.3, -0.25) is 0 Å². The maximum Gasteiger partial charge on any atom is 0.185 e. The first-order valence-corrected chi connectivity index (χ1v) is 5.84. The molecule has 1 fully saturated rings. The van der Waals surface area contributed by atoms with Crippen LogP contribution in [-0.2, 0) is 6.54 Å². The van der Waals surface area contributed by atoms with E-state index >= 15 is 0 Å². The number of aromatic nitrogens is 1. The topological polar surface area (TPSA) is 28.2 Å². The van der Waals surface area contributed by atoms with Crippen LogP contribution in [0.5, 0.6) is 0 Å². The van der Waals surface area contributed by atoms with Crippen molar-refractivity contribution in [1.82, 2.24) is 10.3 Å². The maximum atomic E-state index is 4.34. The van der Waals surface area contributed by atoms with E-state index in [1.165, 1.54) is 11.3 Å². The summed E-state index contributed by atoms with van der Waals surface area (Å²) in [5.74, 6) is 0.872. The molecule has 4 heteroatoms. The summed E-state index contributed by atoms with van der Waals surface area (Å²) in [4.78, 5) is 7.71. The summed E-state index contributed by atoms with van der Waals surface area (Å²) in [5.41, 5.74) is 0. The van der Waals surface area contributed by atoms with Crippen LogP contribution < -0.4 is 10.2 Å². The number of hydrogen-bond acceptors (Lipinski definition) is 4. The molecular formula is C10H17N3S. The van der Waals surface area contributed by atoms with Gasteiger partial charge in [0.25, 0.3) is 0 Å². The van der Waals surface area contributed by atoms with E-state index in [1.807, 2.05) is 25.2 Å². The molecule has 14 heavy (non-hydrogen) atoms. The molecule has 0 bridgehead atoms. The molecule has 0 aliphatic heterocycles. The SMILES string of the molecule is CC1CC1NCc1cnc(N(C)C)s1. The first kappa shape index (κ1) is 9.93. The van der Waals surface area contributed by atoms with Crippen molar-refractivity contribution in [2.45, 2.75) is 25.9 Å². The van der Waals surface area contributed by atoms with Crippen LogP contribution in [-0.4, -0.2) is 25.1 Å². The Balaban J connectivity index is 1.84. The molecule has 1 heterocycles. The standard InChI is InChI=1S/C10H17N3S/c1-7-4-9(7)11-5-8-6-12-10(14-8)13(2)3/h6-7,9,11H,4-5H2,1-3H3. The van der Waals surface area contributed by atoms with Gasteiger partial charge in [0.1, 0.15) is 0 Å². The molecule has 0 amide bonds. The molecule has 2 unspecified atom stereocenters. The average molecular weight is 211 g/mol. The Labute approximate surface area is 89.1 Å². The predicted octanol–water partition coefficient (Wildman–Crippen LogP) is 1.71. The van der Waals surface area contributed by atoms with E-state index in [0.29, 0.717) is 0 Å². The highest BCUT2D eigenvalue weighted by Gasteiger charge is 2.31. The minimum atomic E-state index is 0.750. The molecule has 0 aromatic carbocycles. The van der Waals surface area contributed by atoms with Gasteiger partial charge in [0.15, 0.2) is 5.13 Å². The zero-order chi connectivity index (χ0) is 10.1. The average Bonchev–Trinajstić information content (AvgIpc) is 2.68. The second-order valence-corrected chi connectivity index (χ2v) is 5.30. The van der Waals surface area contributed by atoms with Crippen molar-refractivity contribution in [2.75, 3.05) is 19.0 Å². The number of rotatable bonds is 4. The van der Waals surface area contributed by atoms with Crippen LogP contribution in [0.25, 0.3) is 0 Å². The maximum absolute atomic E-state index is 4.34. The van der Waals surface area contributed by atoms with Crippen molar-refractivity contribution < 1.29 is 0 Å². The minimum Gasteiger partial charge on any atom is -0.354 e. The highest BCUT2D eigenvalue weighted by atomic mass is 32.1. The molecule has 1 N–H and O–H groups in total. The lowest BCUT2D eigenvalue weighted by Gasteiger charge is -2.05. The molecular weight excluding hydrogens is 194 g/mol. The minimum absolute atomic E-state index is 0.750. The Kier molecular flexibility index (Phi) is 2.74. The van der Waals surface area contributed by atoms with Gasteiger partial charge in [-0.05, 0) is 12.3 Å². The summed E-state index contributed by atoms with van der Waals surface area (Å²) in [5, 5.41) is 4.62. The molecule has 3 nitrogen and oxygen atoms in total. The van der Waals surface area contributed by atoms with Crippen LogP contribution in [0.1, 0.15) is 18.2 Å². The largest absolute Gasteiger partial charge is 0.354 e.